The van der Waals surface area contributed by atoms with Crippen molar-refractivity contribution in [2.24, 2.45) is 0 Å². The first-order valence-corrected chi connectivity index (χ1v) is 13.9. The number of fused-ring (bicyclic) bond motifs is 1. The summed E-state index contributed by atoms with van der Waals surface area (Å²) in [5.41, 5.74) is 3.30. The predicted octanol–water partition coefficient (Wildman–Crippen LogP) is 5.81. The van der Waals surface area contributed by atoms with Gasteiger partial charge in [-0.05, 0) is 80.1 Å². The van der Waals surface area contributed by atoms with E-state index in [4.69, 9.17) is 14.7 Å². The Balaban J connectivity index is 1.22. The molecule has 5 rings (SSSR count). The largest absolute Gasteiger partial charge is 0.444 e. The normalized spacial score (nSPS) is 17.5. The zero-order valence-corrected chi connectivity index (χ0v) is 23.9. The number of pyridine rings is 1. The number of aromatic nitrogens is 5. The number of benzene rings is 1. The number of carbonyl (C=O) groups is 1. The minimum absolute atomic E-state index is 0.103. The first-order chi connectivity index (χ1) is 18.7. The summed E-state index contributed by atoms with van der Waals surface area (Å²) in [5, 5.41) is 14.3. The van der Waals surface area contributed by atoms with Crippen molar-refractivity contribution in [3.8, 4) is 11.3 Å². The molecule has 1 aromatic carbocycles. The van der Waals surface area contributed by atoms with E-state index in [0.717, 1.165) is 47.0 Å². The number of ether oxygens (including phenoxy) is 1. The Morgan fingerprint density at radius 2 is 1.79 bits per heavy atom. The molecule has 1 amide bonds. The van der Waals surface area contributed by atoms with E-state index >= 15 is 0 Å². The molecule has 0 unspecified atom stereocenters. The van der Waals surface area contributed by atoms with Crippen LogP contribution in [0.3, 0.4) is 0 Å². The topological polar surface area (TPSA) is 118 Å². The van der Waals surface area contributed by atoms with Crippen LogP contribution in [-0.2, 0) is 11.3 Å². The highest BCUT2D eigenvalue weighted by Crippen LogP contribution is 2.25. The molecule has 0 radical (unpaired) electrons. The summed E-state index contributed by atoms with van der Waals surface area (Å²) in [6.07, 6.45) is 6.64. The number of hydrogen-bond acceptors (Lipinski definition) is 8. The molecule has 11 heteroatoms. The zero-order valence-electron chi connectivity index (χ0n) is 22.3. The lowest BCUT2D eigenvalue weighted by Crippen LogP contribution is -2.42. The molecule has 1 aliphatic rings. The Kier molecular flexibility index (Phi) is 7.97. The first-order valence-electron chi connectivity index (χ1n) is 13.1. The number of hydrogen-bond donors (Lipinski definition) is 3. The maximum absolute atomic E-state index is 12.1. The van der Waals surface area contributed by atoms with Crippen molar-refractivity contribution < 1.29 is 9.53 Å². The number of nitrogens with zero attached hydrogens (tertiary/aromatic N) is 5. The Morgan fingerprint density at radius 1 is 1.05 bits per heavy atom. The van der Waals surface area contributed by atoms with Crippen LogP contribution in [0.1, 0.15) is 52.0 Å². The van der Waals surface area contributed by atoms with Crippen molar-refractivity contribution in [3.05, 3.63) is 64.9 Å². The van der Waals surface area contributed by atoms with E-state index in [0.29, 0.717) is 24.1 Å². The van der Waals surface area contributed by atoms with Crippen LogP contribution in [0.2, 0.25) is 0 Å². The number of nitrogens with one attached hydrogen (secondary N) is 3. The number of halogens is 1. The van der Waals surface area contributed by atoms with Gasteiger partial charge in [0.25, 0.3) is 0 Å². The van der Waals surface area contributed by atoms with E-state index in [-0.39, 0.29) is 18.2 Å². The number of anilines is 2. The molecule has 1 aliphatic carbocycles. The van der Waals surface area contributed by atoms with E-state index in [9.17, 15) is 4.79 Å². The fourth-order valence-electron chi connectivity index (χ4n) is 4.58. The quantitative estimate of drug-likeness (QED) is 0.246. The van der Waals surface area contributed by atoms with E-state index in [1.807, 2.05) is 39.0 Å². The highest BCUT2D eigenvalue weighted by atomic mass is 79.9. The summed E-state index contributed by atoms with van der Waals surface area (Å²) >= 11 is 3.55. The third kappa shape index (κ3) is 7.03. The highest BCUT2D eigenvalue weighted by Gasteiger charge is 2.25. The molecule has 4 aromatic rings. The maximum Gasteiger partial charge on any atom is 0.407 e. The van der Waals surface area contributed by atoms with Crippen molar-refractivity contribution in [1.29, 1.82) is 0 Å². The molecular formula is C28H33BrN8O2. The Morgan fingerprint density at radius 3 is 2.49 bits per heavy atom. The molecule has 0 spiro atoms. The minimum Gasteiger partial charge on any atom is -0.444 e. The number of alkyl carbamates (subject to hydrolysis) is 1. The second-order valence-electron chi connectivity index (χ2n) is 10.7. The maximum atomic E-state index is 12.1. The third-order valence-corrected chi connectivity index (χ3v) is 7.03. The van der Waals surface area contributed by atoms with Crippen LogP contribution in [0.5, 0.6) is 0 Å². The molecule has 3 N–H and O–H groups in total. The van der Waals surface area contributed by atoms with Gasteiger partial charge in [0.2, 0.25) is 11.9 Å². The standard InChI is InChI=1S/C28H33BrN8O2/c1-28(2,3)39-27(38)34-21-13-11-20(12-14-21)33-25-35-24-22(29)17-32-37(24)26(36-25)31-16-18-7-9-19(10-8-18)23-6-4-5-15-30-23/h4-10,15,17,20-21H,11-14,16H2,1-3H3,(H,34,38)(H2,31,33,35,36)/t20-,21+. The summed E-state index contributed by atoms with van der Waals surface area (Å²) in [7, 11) is 0. The average Bonchev–Trinajstić information content (AvgIpc) is 3.29. The second-order valence-corrected chi connectivity index (χ2v) is 11.6. The monoisotopic (exact) mass is 592 g/mol. The van der Waals surface area contributed by atoms with Gasteiger partial charge in [-0.3, -0.25) is 4.98 Å². The van der Waals surface area contributed by atoms with Crippen LogP contribution in [-0.4, -0.2) is 48.3 Å². The fraction of sp³-hybridized carbons (Fsp3) is 0.393. The van der Waals surface area contributed by atoms with Gasteiger partial charge in [0.15, 0.2) is 5.65 Å². The molecular weight excluding hydrogens is 560 g/mol. The molecule has 204 valence electrons. The summed E-state index contributed by atoms with van der Waals surface area (Å²) in [5.74, 6) is 1.14. The van der Waals surface area contributed by atoms with E-state index in [1.165, 1.54) is 0 Å². The van der Waals surface area contributed by atoms with Crippen LogP contribution in [0.25, 0.3) is 16.9 Å². The number of rotatable bonds is 7. The molecule has 0 bridgehead atoms. The van der Waals surface area contributed by atoms with Gasteiger partial charge in [-0.2, -0.15) is 19.6 Å². The van der Waals surface area contributed by atoms with E-state index < -0.39 is 5.60 Å². The Labute approximate surface area is 236 Å². The molecule has 39 heavy (non-hydrogen) atoms. The molecule has 3 heterocycles. The number of amides is 1. The summed E-state index contributed by atoms with van der Waals surface area (Å²) in [6.45, 7) is 6.18. The Bertz CT molecular complexity index is 1410. The fourth-order valence-corrected chi connectivity index (χ4v) is 4.92. The van der Waals surface area contributed by atoms with Gasteiger partial charge in [0.05, 0.1) is 16.4 Å². The van der Waals surface area contributed by atoms with Crippen LogP contribution >= 0.6 is 15.9 Å². The molecule has 0 saturated heterocycles. The van der Waals surface area contributed by atoms with E-state index in [1.54, 1.807) is 16.9 Å². The first kappa shape index (κ1) is 26.9. The second kappa shape index (κ2) is 11.6. The lowest BCUT2D eigenvalue weighted by atomic mass is 9.91. The van der Waals surface area contributed by atoms with Crippen LogP contribution in [0.4, 0.5) is 16.7 Å². The SMILES string of the molecule is CC(C)(C)OC(=O)N[C@H]1CC[C@@H](Nc2nc(NCc3ccc(-c4ccccn4)cc3)n3ncc(Br)c3n2)CC1. The average molecular weight is 594 g/mol. The molecule has 0 atom stereocenters. The highest BCUT2D eigenvalue weighted by molar-refractivity contribution is 9.10. The van der Waals surface area contributed by atoms with Gasteiger partial charge < -0.3 is 20.7 Å². The van der Waals surface area contributed by atoms with Crippen molar-refractivity contribution in [2.75, 3.05) is 10.6 Å². The van der Waals surface area contributed by atoms with Crippen LogP contribution < -0.4 is 16.0 Å². The predicted molar refractivity (Wildman–Crippen MR) is 155 cm³/mol. The van der Waals surface area contributed by atoms with Crippen LogP contribution in [0, 0.1) is 0 Å². The van der Waals surface area contributed by atoms with Crippen molar-refractivity contribution in [2.45, 2.75) is 70.7 Å². The Hall–Kier alpha value is -3.73. The van der Waals surface area contributed by atoms with Crippen molar-refractivity contribution in [1.82, 2.24) is 29.9 Å². The summed E-state index contributed by atoms with van der Waals surface area (Å²) in [4.78, 5) is 26.0. The molecule has 10 nitrogen and oxygen atoms in total. The van der Waals surface area contributed by atoms with Gasteiger partial charge in [-0.1, -0.05) is 30.3 Å². The van der Waals surface area contributed by atoms with Gasteiger partial charge >= 0.3 is 6.09 Å². The number of carbonyl (C=O) groups excluding carboxylic acids is 1. The van der Waals surface area contributed by atoms with Gasteiger partial charge in [-0.15, -0.1) is 0 Å². The molecule has 1 saturated carbocycles. The summed E-state index contributed by atoms with van der Waals surface area (Å²) in [6, 6.07) is 14.5. The van der Waals surface area contributed by atoms with Crippen molar-refractivity contribution in [3.63, 3.8) is 0 Å². The van der Waals surface area contributed by atoms with Gasteiger partial charge in [0.1, 0.15) is 5.60 Å². The van der Waals surface area contributed by atoms with Gasteiger partial charge in [0, 0.05) is 30.4 Å². The smallest absolute Gasteiger partial charge is 0.407 e. The van der Waals surface area contributed by atoms with Gasteiger partial charge in [-0.25, -0.2) is 4.79 Å². The molecule has 3 aromatic heterocycles. The minimum atomic E-state index is -0.504. The third-order valence-electron chi connectivity index (χ3n) is 6.47. The summed E-state index contributed by atoms with van der Waals surface area (Å²) < 4.78 is 7.88. The van der Waals surface area contributed by atoms with Crippen molar-refractivity contribution >= 4 is 39.6 Å². The lowest BCUT2D eigenvalue weighted by Gasteiger charge is -2.30. The lowest BCUT2D eigenvalue weighted by molar-refractivity contribution is 0.0492. The van der Waals surface area contributed by atoms with Crippen LogP contribution in [0.15, 0.2) is 59.3 Å². The van der Waals surface area contributed by atoms with E-state index in [2.05, 4.69) is 66.2 Å². The molecule has 0 aliphatic heterocycles. The molecule has 1 fully saturated rings. The zero-order chi connectivity index (χ0) is 27.4.